The maximum atomic E-state index is 13.2. The fourth-order valence-corrected chi connectivity index (χ4v) is 5.59. The van der Waals surface area contributed by atoms with Gasteiger partial charge in [-0.2, -0.15) is 4.31 Å². The van der Waals surface area contributed by atoms with Crippen LogP contribution in [0.5, 0.6) is 5.75 Å². The second kappa shape index (κ2) is 9.09. The molecule has 1 fully saturated rings. The summed E-state index contributed by atoms with van der Waals surface area (Å²) in [5.74, 6) is -0.570. The zero-order valence-corrected chi connectivity index (χ0v) is 19.1. The van der Waals surface area contributed by atoms with Crippen molar-refractivity contribution in [2.75, 3.05) is 18.4 Å². The van der Waals surface area contributed by atoms with Crippen LogP contribution in [0.25, 0.3) is 0 Å². The predicted octanol–water partition coefficient (Wildman–Crippen LogP) is 2.78. The van der Waals surface area contributed by atoms with Gasteiger partial charge in [0.05, 0.1) is 16.5 Å². The van der Waals surface area contributed by atoms with Gasteiger partial charge in [-0.3, -0.25) is 9.59 Å². The van der Waals surface area contributed by atoms with Crippen LogP contribution in [0.1, 0.15) is 25.3 Å². The summed E-state index contributed by atoms with van der Waals surface area (Å²) in [5, 5.41) is 6.10. The summed E-state index contributed by atoms with van der Waals surface area (Å²) in [6.07, 6.45) is 0.537. The van der Waals surface area contributed by atoms with Gasteiger partial charge in [0.2, 0.25) is 15.9 Å². The van der Waals surface area contributed by atoms with Crippen molar-refractivity contribution in [1.82, 2.24) is 9.62 Å². The van der Waals surface area contributed by atoms with E-state index in [2.05, 4.69) is 10.6 Å². The number of fused-ring (bicyclic) bond motifs is 1. The van der Waals surface area contributed by atoms with Crippen LogP contribution in [-0.4, -0.2) is 43.7 Å². The second-order valence-corrected chi connectivity index (χ2v) is 10.3. The monoisotopic (exact) mass is 477 g/mol. The first-order chi connectivity index (χ1) is 15.3. The topological polar surface area (TPSA) is 105 Å². The molecule has 0 aliphatic carbocycles. The number of benzene rings is 2. The third-order valence-electron chi connectivity index (χ3n) is 5.69. The molecule has 8 nitrogen and oxygen atoms in total. The Morgan fingerprint density at radius 2 is 2.06 bits per heavy atom. The van der Waals surface area contributed by atoms with E-state index in [0.717, 1.165) is 5.56 Å². The summed E-state index contributed by atoms with van der Waals surface area (Å²) in [7, 11) is -3.84. The number of hydrogen-bond donors (Lipinski definition) is 2. The minimum Gasteiger partial charge on any atom is -0.479 e. The highest BCUT2D eigenvalue weighted by molar-refractivity contribution is 7.89. The Labute approximate surface area is 191 Å². The van der Waals surface area contributed by atoms with E-state index in [0.29, 0.717) is 35.8 Å². The highest BCUT2D eigenvalue weighted by Gasteiger charge is 2.34. The Hall–Kier alpha value is -2.62. The molecule has 2 aromatic carbocycles. The number of halogens is 1. The van der Waals surface area contributed by atoms with Crippen LogP contribution >= 0.6 is 11.6 Å². The van der Waals surface area contributed by atoms with Gasteiger partial charge in [0, 0.05) is 24.7 Å². The summed E-state index contributed by atoms with van der Waals surface area (Å²) in [6, 6.07) is 11.6. The summed E-state index contributed by atoms with van der Waals surface area (Å²) in [6.45, 7) is 2.32. The minimum atomic E-state index is -3.84. The Kier molecular flexibility index (Phi) is 6.41. The van der Waals surface area contributed by atoms with Gasteiger partial charge >= 0.3 is 0 Å². The van der Waals surface area contributed by atoms with E-state index in [1.807, 2.05) is 18.2 Å². The molecule has 0 aromatic heterocycles. The summed E-state index contributed by atoms with van der Waals surface area (Å²) >= 11 is 6.14. The molecule has 0 unspecified atom stereocenters. The molecule has 2 aromatic rings. The van der Waals surface area contributed by atoms with Crippen LogP contribution in [0.3, 0.4) is 0 Å². The van der Waals surface area contributed by atoms with Crippen molar-refractivity contribution in [2.24, 2.45) is 5.92 Å². The van der Waals surface area contributed by atoms with Gasteiger partial charge in [-0.05, 0) is 49.6 Å². The number of anilines is 1. The number of piperidine rings is 1. The van der Waals surface area contributed by atoms with Crippen LogP contribution in [0.4, 0.5) is 5.69 Å². The van der Waals surface area contributed by atoms with E-state index in [-0.39, 0.29) is 29.8 Å². The predicted molar refractivity (Wildman–Crippen MR) is 120 cm³/mol. The highest BCUT2D eigenvalue weighted by atomic mass is 35.5. The van der Waals surface area contributed by atoms with Crippen LogP contribution in [0.15, 0.2) is 47.4 Å². The molecule has 2 aliphatic rings. The molecule has 0 spiro atoms. The van der Waals surface area contributed by atoms with Crippen molar-refractivity contribution in [3.8, 4) is 5.75 Å². The SMILES string of the molecule is C[C@H]1Oc2ccc(S(=O)(=O)N3CCC[C@@H](C(=O)NCc4ccccc4Cl)C3)cc2NC1=O. The maximum Gasteiger partial charge on any atom is 0.265 e. The first kappa shape index (κ1) is 22.6. The lowest BCUT2D eigenvalue weighted by molar-refractivity contribution is -0.126. The first-order valence-corrected chi connectivity index (χ1v) is 12.2. The molecule has 4 rings (SSSR count). The third-order valence-corrected chi connectivity index (χ3v) is 7.92. The lowest BCUT2D eigenvalue weighted by Crippen LogP contribution is -2.45. The van der Waals surface area contributed by atoms with Crippen molar-refractivity contribution in [2.45, 2.75) is 37.3 Å². The molecule has 32 heavy (non-hydrogen) atoms. The van der Waals surface area contributed by atoms with E-state index in [1.165, 1.54) is 22.5 Å². The van der Waals surface area contributed by atoms with E-state index < -0.39 is 22.0 Å². The minimum absolute atomic E-state index is 0.0480. The summed E-state index contributed by atoms with van der Waals surface area (Å²) in [5.41, 5.74) is 1.12. The van der Waals surface area contributed by atoms with Gasteiger partial charge in [-0.1, -0.05) is 29.8 Å². The smallest absolute Gasteiger partial charge is 0.265 e. The number of amides is 2. The molecule has 0 saturated carbocycles. The molecule has 10 heteroatoms. The Balaban J connectivity index is 1.45. The number of sulfonamides is 1. The molecule has 2 N–H and O–H groups in total. The first-order valence-electron chi connectivity index (χ1n) is 10.4. The number of rotatable bonds is 5. The molecule has 2 atom stereocenters. The average molecular weight is 478 g/mol. The normalized spacial score (nSPS) is 21.2. The van der Waals surface area contributed by atoms with Gasteiger partial charge < -0.3 is 15.4 Å². The Morgan fingerprint density at radius 3 is 2.84 bits per heavy atom. The van der Waals surface area contributed by atoms with Gasteiger partial charge in [0.25, 0.3) is 5.91 Å². The quantitative estimate of drug-likeness (QED) is 0.689. The molecule has 1 saturated heterocycles. The van der Waals surface area contributed by atoms with E-state index in [9.17, 15) is 18.0 Å². The lowest BCUT2D eigenvalue weighted by atomic mass is 9.99. The molecule has 170 valence electrons. The fourth-order valence-electron chi connectivity index (χ4n) is 3.84. The largest absolute Gasteiger partial charge is 0.479 e. The van der Waals surface area contributed by atoms with Crippen molar-refractivity contribution >= 4 is 39.1 Å². The van der Waals surface area contributed by atoms with E-state index in [4.69, 9.17) is 16.3 Å². The summed E-state index contributed by atoms with van der Waals surface area (Å²) < 4.78 is 33.3. The zero-order valence-electron chi connectivity index (χ0n) is 17.5. The molecule has 2 amide bonds. The average Bonchev–Trinajstić information content (AvgIpc) is 2.79. The van der Waals surface area contributed by atoms with Gasteiger partial charge in [0.15, 0.2) is 6.10 Å². The number of nitrogens with one attached hydrogen (secondary N) is 2. The number of hydrogen-bond acceptors (Lipinski definition) is 5. The van der Waals surface area contributed by atoms with Crippen molar-refractivity contribution < 1.29 is 22.7 Å². The standard InChI is InChI=1S/C22H24ClN3O5S/c1-14-21(27)25-19-11-17(8-9-20(19)31-14)32(29,30)26-10-4-6-16(13-26)22(28)24-12-15-5-2-3-7-18(15)23/h2-3,5,7-9,11,14,16H,4,6,10,12-13H2,1H3,(H,24,28)(H,25,27)/t14-,16-/m1/s1. The second-order valence-electron chi connectivity index (χ2n) is 7.92. The molecule has 2 heterocycles. The number of ether oxygens (including phenoxy) is 1. The molecule has 0 radical (unpaired) electrons. The summed E-state index contributed by atoms with van der Waals surface area (Å²) in [4.78, 5) is 24.6. The molecule has 2 aliphatic heterocycles. The van der Waals surface area contributed by atoms with Gasteiger partial charge in [-0.25, -0.2) is 8.42 Å². The Bertz CT molecular complexity index is 1150. The lowest BCUT2D eigenvalue weighted by Gasteiger charge is -2.31. The van der Waals surface area contributed by atoms with Gasteiger partial charge in [0.1, 0.15) is 5.75 Å². The molecular formula is C22H24ClN3O5S. The maximum absolute atomic E-state index is 13.2. The highest BCUT2D eigenvalue weighted by Crippen LogP contribution is 2.33. The van der Waals surface area contributed by atoms with Crippen LogP contribution in [0.2, 0.25) is 5.02 Å². The van der Waals surface area contributed by atoms with Crippen LogP contribution < -0.4 is 15.4 Å². The molecule has 0 bridgehead atoms. The zero-order chi connectivity index (χ0) is 22.9. The van der Waals surface area contributed by atoms with Crippen molar-refractivity contribution in [1.29, 1.82) is 0 Å². The molecular weight excluding hydrogens is 454 g/mol. The Morgan fingerprint density at radius 1 is 1.28 bits per heavy atom. The van der Waals surface area contributed by atoms with E-state index in [1.54, 1.807) is 13.0 Å². The van der Waals surface area contributed by atoms with E-state index >= 15 is 0 Å². The van der Waals surface area contributed by atoms with Crippen molar-refractivity contribution in [3.05, 3.63) is 53.1 Å². The number of carbonyl (C=O) groups is 2. The number of nitrogens with zero attached hydrogens (tertiary/aromatic N) is 1. The van der Waals surface area contributed by atoms with Gasteiger partial charge in [-0.15, -0.1) is 0 Å². The van der Waals surface area contributed by atoms with Crippen LogP contribution in [0, 0.1) is 5.92 Å². The van der Waals surface area contributed by atoms with Crippen molar-refractivity contribution in [3.63, 3.8) is 0 Å². The third kappa shape index (κ3) is 4.60. The fraction of sp³-hybridized carbons (Fsp3) is 0.364. The van der Waals surface area contributed by atoms with Crippen LogP contribution in [-0.2, 0) is 26.2 Å². The number of carbonyl (C=O) groups excluding carboxylic acids is 2.